The van der Waals surface area contributed by atoms with Crippen LogP contribution in [0.4, 0.5) is 28.4 Å². The minimum absolute atomic E-state index is 0.108. The number of benzene rings is 4. The molecule has 7 aromatic rings. The summed E-state index contributed by atoms with van der Waals surface area (Å²) in [5.41, 5.74) is 6.70. The number of hydrogen-bond donors (Lipinski definition) is 4. The Kier molecular flexibility index (Phi) is 14.4. The van der Waals surface area contributed by atoms with E-state index in [1.165, 1.54) is 28.8 Å². The number of fused-ring (bicyclic) bond motifs is 4. The minimum Gasteiger partial charge on any atom is -0.493 e. The Labute approximate surface area is 483 Å². The molecule has 0 unspecified atom stereocenters. The van der Waals surface area contributed by atoms with Crippen LogP contribution in [0.15, 0.2) is 107 Å². The number of amides is 1. The number of aliphatic hydroxyl groups is 1. The third-order valence-corrected chi connectivity index (χ3v) is 20.3. The number of carbonyl (C=O) groups is 1. The Hall–Kier alpha value is -7.23. The Morgan fingerprint density at radius 2 is 1.73 bits per heavy atom. The number of ether oxygens (including phenoxy) is 3. The van der Waals surface area contributed by atoms with E-state index in [2.05, 4.69) is 84.0 Å². The van der Waals surface area contributed by atoms with Gasteiger partial charge in [0.1, 0.15) is 28.9 Å². The Balaban J connectivity index is 0.748. The zero-order valence-corrected chi connectivity index (χ0v) is 48.4. The number of pyridine rings is 1. The van der Waals surface area contributed by atoms with Crippen LogP contribution < -0.4 is 29.3 Å². The first-order valence-electron chi connectivity index (χ1n) is 29.3. The molecule has 2 aliphatic carbocycles. The fourth-order valence-corrected chi connectivity index (χ4v) is 15.3. The SMILES string of the molecule is COc1cc(CN2CCN(C3CC4(CCN(c5ccc(C(=O)NS(=O)(=O)c6ccc(NCC7CCC(C)(O)CC7)c([N+](=O)[O-])c6)c(N6c7cc8cc[nH]c8nc7O[C@H]7COCC[C@@H]76)c5)CC4)C3)[C@H](c3ccccc3C)C2)cc2cc(C)oc12. The Morgan fingerprint density at radius 3 is 2.52 bits per heavy atom. The van der Waals surface area contributed by atoms with Gasteiger partial charge in [-0.15, -0.1) is 0 Å². The van der Waals surface area contributed by atoms with Crippen LogP contribution in [-0.2, 0) is 21.3 Å². The molecule has 0 bridgehead atoms. The molecule has 3 atom stereocenters. The molecule has 1 spiro atoms. The number of aryl methyl sites for hydroxylation is 2. The molecular weight excluding hydrogens is 1070 g/mol. The average molecular weight is 1150 g/mol. The van der Waals surface area contributed by atoms with E-state index >= 15 is 0 Å². The molecular formula is C63H73N9O10S. The van der Waals surface area contributed by atoms with Gasteiger partial charge in [0.25, 0.3) is 21.6 Å². The quantitative estimate of drug-likeness (QED) is 0.0587. The van der Waals surface area contributed by atoms with E-state index in [0.29, 0.717) is 68.0 Å². The molecule has 4 aromatic carbocycles. The maximum absolute atomic E-state index is 14.8. The highest BCUT2D eigenvalue weighted by Crippen LogP contribution is 2.54. The molecule has 7 heterocycles. The smallest absolute Gasteiger partial charge is 0.293 e. The largest absolute Gasteiger partial charge is 0.493 e. The zero-order valence-electron chi connectivity index (χ0n) is 47.6. The van der Waals surface area contributed by atoms with Crippen molar-refractivity contribution in [1.29, 1.82) is 0 Å². The summed E-state index contributed by atoms with van der Waals surface area (Å²) in [6.45, 7) is 12.5. The summed E-state index contributed by atoms with van der Waals surface area (Å²) in [5, 5.41) is 27.9. The maximum Gasteiger partial charge on any atom is 0.293 e. The number of nitrogens with one attached hydrogen (secondary N) is 3. The predicted molar refractivity (Wildman–Crippen MR) is 317 cm³/mol. The molecule has 436 valence electrons. The number of piperazine rings is 1. The number of nitro groups is 1. The first-order chi connectivity index (χ1) is 40.0. The van der Waals surface area contributed by atoms with Gasteiger partial charge in [-0.1, -0.05) is 24.3 Å². The van der Waals surface area contributed by atoms with Crippen LogP contribution in [0.3, 0.4) is 0 Å². The number of hydrogen-bond acceptors (Lipinski definition) is 16. The summed E-state index contributed by atoms with van der Waals surface area (Å²) in [6, 6.07) is 28.8. The highest BCUT2D eigenvalue weighted by molar-refractivity contribution is 7.90. The number of anilines is 4. The minimum atomic E-state index is -4.64. The number of carbonyl (C=O) groups excluding carboxylic acids is 1. The van der Waals surface area contributed by atoms with Gasteiger partial charge in [-0.25, -0.2) is 13.1 Å². The summed E-state index contributed by atoms with van der Waals surface area (Å²) in [7, 11) is -2.94. The van der Waals surface area contributed by atoms with Crippen LogP contribution in [0.2, 0.25) is 0 Å². The Bertz CT molecular complexity index is 3730. The Morgan fingerprint density at radius 1 is 0.928 bits per heavy atom. The van der Waals surface area contributed by atoms with Crippen molar-refractivity contribution in [3.05, 3.63) is 135 Å². The lowest BCUT2D eigenvalue weighted by molar-refractivity contribution is -0.384. The molecule has 13 rings (SSSR count). The molecule has 6 aliphatic rings. The van der Waals surface area contributed by atoms with Crippen molar-refractivity contribution in [2.45, 2.75) is 120 Å². The molecule has 5 fully saturated rings. The molecule has 4 aliphatic heterocycles. The molecule has 2 saturated carbocycles. The second kappa shape index (κ2) is 21.8. The molecule has 4 N–H and O–H groups in total. The van der Waals surface area contributed by atoms with Gasteiger partial charge in [-0.05, 0) is 167 Å². The first-order valence-corrected chi connectivity index (χ1v) is 30.8. The third-order valence-electron chi connectivity index (χ3n) is 19.0. The van der Waals surface area contributed by atoms with Gasteiger partial charge in [0.15, 0.2) is 11.3 Å². The lowest BCUT2D eigenvalue weighted by Crippen LogP contribution is -2.59. The number of aromatic nitrogens is 2. The van der Waals surface area contributed by atoms with E-state index < -0.39 is 43.1 Å². The van der Waals surface area contributed by atoms with E-state index in [0.717, 1.165) is 117 Å². The van der Waals surface area contributed by atoms with Crippen molar-refractivity contribution >= 4 is 66.4 Å². The van der Waals surface area contributed by atoms with Crippen molar-refractivity contribution < 1.29 is 41.9 Å². The number of piperidine rings is 1. The first kappa shape index (κ1) is 55.0. The fraction of sp³-hybridized carbons (Fsp3) is 0.460. The number of furan rings is 1. The number of rotatable bonds is 14. The standard InChI is InChI=1S/C63H73N9O10S/c1-39-7-5-6-8-48(39)55-37-68(36-42-28-44-27-40(2)81-58(44)56(29-42)79-4)24-25-70(55)46-33-63(34-46)19-22-69(23-20-63)45-9-11-49(52(31-45)71-51-16-26-80-38-57(51)82-61-54(71)30-43-15-21-64-59(43)66-61)60(73)67-83(77,78)47-10-12-50(53(32-47)72(75)76)65-35-41-13-17-62(3,74)18-14-41/h5-12,15,21,27-32,41,46,51,55,57,65,74H,13-14,16-20,22-26,33-38H2,1-4H3,(H,64,66)(H,67,73)/t41?,51-,55-,57-,62?/m0/s1. The molecule has 3 saturated heterocycles. The molecule has 83 heavy (non-hydrogen) atoms. The highest BCUT2D eigenvalue weighted by atomic mass is 32.2. The van der Waals surface area contributed by atoms with Crippen molar-refractivity contribution in [3.8, 4) is 11.6 Å². The van der Waals surface area contributed by atoms with Gasteiger partial charge in [-0.3, -0.25) is 24.7 Å². The second-order valence-corrected chi connectivity index (χ2v) is 26.2. The monoisotopic (exact) mass is 1150 g/mol. The number of sulfonamides is 1. The molecule has 3 aromatic heterocycles. The maximum atomic E-state index is 14.8. The van der Waals surface area contributed by atoms with Crippen LogP contribution in [0.1, 0.15) is 104 Å². The number of nitrogens with zero attached hydrogens (tertiary/aromatic N) is 6. The van der Waals surface area contributed by atoms with E-state index in [1.807, 2.05) is 44.3 Å². The summed E-state index contributed by atoms with van der Waals surface area (Å²) in [6.07, 6.45) is 8.97. The van der Waals surface area contributed by atoms with Crippen LogP contribution in [0.5, 0.6) is 11.6 Å². The summed E-state index contributed by atoms with van der Waals surface area (Å²) >= 11 is 0. The summed E-state index contributed by atoms with van der Waals surface area (Å²) < 4.78 is 55.1. The average Bonchev–Trinajstić information content (AvgIpc) is 3.82. The van der Waals surface area contributed by atoms with E-state index in [-0.39, 0.29) is 34.7 Å². The molecule has 19 nitrogen and oxygen atoms in total. The van der Waals surface area contributed by atoms with Crippen LogP contribution >= 0.6 is 0 Å². The zero-order chi connectivity index (χ0) is 57.4. The van der Waals surface area contributed by atoms with Crippen molar-refractivity contribution in [2.75, 3.05) is 74.7 Å². The normalized spacial score (nSPS) is 24.0. The molecule has 20 heteroatoms. The van der Waals surface area contributed by atoms with Crippen molar-refractivity contribution in [2.24, 2.45) is 11.3 Å². The fourth-order valence-electron chi connectivity index (χ4n) is 14.3. The van der Waals surface area contributed by atoms with E-state index in [1.54, 1.807) is 13.2 Å². The van der Waals surface area contributed by atoms with Gasteiger partial charge in [0.05, 0.1) is 46.4 Å². The lowest BCUT2D eigenvalue weighted by Gasteiger charge is -2.58. The lowest BCUT2D eigenvalue weighted by atomic mass is 9.59. The number of H-pyrrole nitrogens is 1. The van der Waals surface area contributed by atoms with Gasteiger partial charge < -0.3 is 43.8 Å². The second-order valence-electron chi connectivity index (χ2n) is 24.5. The van der Waals surface area contributed by atoms with Crippen molar-refractivity contribution in [3.63, 3.8) is 0 Å². The number of aromatic amines is 1. The van der Waals surface area contributed by atoms with Crippen molar-refractivity contribution in [1.82, 2.24) is 24.5 Å². The predicted octanol–water partition coefficient (Wildman–Crippen LogP) is 10.3. The number of methoxy groups -OCH3 is 1. The summed E-state index contributed by atoms with van der Waals surface area (Å²) in [5.74, 6) is 1.30. The van der Waals surface area contributed by atoms with Gasteiger partial charge in [0, 0.05) is 93.2 Å². The van der Waals surface area contributed by atoms with Crippen LogP contribution in [0.25, 0.3) is 22.0 Å². The van der Waals surface area contributed by atoms with Gasteiger partial charge in [0.2, 0.25) is 5.88 Å². The van der Waals surface area contributed by atoms with Gasteiger partial charge in [-0.2, -0.15) is 4.98 Å². The summed E-state index contributed by atoms with van der Waals surface area (Å²) in [4.78, 5) is 44.2. The van der Waals surface area contributed by atoms with Crippen LogP contribution in [0, 0.1) is 35.3 Å². The number of nitro benzene ring substituents is 1. The topological polar surface area (TPSA) is 221 Å². The van der Waals surface area contributed by atoms with E-state index in [4.69, 9.17) is 23.6 Å². The van der Waals surface area contributed by atoms with Crippen LogP contribution in [-0.4, -0.2) is 128 Å². The molecule has 1 amide bonds. The molecule has 0 radical (unpaired) electrons. The van der Waals surface area contributed by atoms with Gasteiger partial charge >= 0.3 is 0 Å². The van der Waals surface area contributed by atoms with E-state index in [9.17, 15) is 28.4 Å². The third kappa shape index (κ3) is 10.8. The highest BCUT2D eigenvalue weighted by Gasteiger charge is 2.50.